The summed E-state index contributed by atoms with van der Waals surface area (Å²) in [6.45, 7) is 0. The Bertz CT molecular complexity index is 688. The fraction of sp³-hybridized carbons (Fsp3) is 0.0769. The SMILES string of the molecule is COC(=O)c1cccn1-c1cc(Br)c(F)cc1C#N. The van der Waals surface area contributed by atoms with Crippen molar-refractivity contribution >= 4 is 21.9 Å². The Balaban J connectivity index is 2.66. The van der Waals surface area contributed by atoms with Crippen LogP contribution < -0.4 is 0 Å². The molecule has 0 saturated heterocycles. The zero-order valence-corrected chi connectivity index (χ0v) is 11.4. The average Bonchev–Trinajstić information content (AvgIpc) is 2.89. The standard InChI is InChI=1S/C13H8BrFN2O2/c1-19-13(18)11-3-2-4-17(11)12-6-9(14)10(15)5-8(12)7-16/h2-6H,1H3. The molecule has 0 bridgehead atoms. The molecule has 0 aliphatic heterocycles. The monoisotopic (exact) mass is 322 g/mol. The van der Waals surface area contributed by atoms with Crippen LogP contribution >= 0.6 is 15.9 Å². The minimum atomic E-state index is -0.535. The molecule has 6 heteroatoms. The van der Waals surface area contributed by atoms with Gasteiger partial charge in [0.25, 0.3) is 0 Å². The second kappa shape index (κ2) is 5.24. The van der Waals surface area contributed by atoms with Gasteiger partial charge in [-0.15, -0.1) is 0 Å². The zero-order chi connectivity index (χ0) is 14.0. The molecule has 96 valence electrons. The summed E-state index contributed by atoms with van der Waals surface area (Å²) in [7, 11) is 1.27. The smallest absolute Gasteiger partial charge is 0.355 e. The van der Waals surface area contributed by atoms with Crippen LogP contribution in [0.25, 0.3) is 5.69 Å². The van der Waals surface area contributed by atoms with Gasteiger partial charge in [0, 0.05) is 6.20 Å². The molecule has 1 aromatic heterocycles. The summed E-state index contributed by atoms with van der Waals surface area (Å²) in [5.74, 6) is -1.07. The maximum atomic E-state index is 13.4. The first-order valence-electron chi connectivity index (χ1n) is 5.23. The fourth-order valence-electron chi connectivity index (χ4n) is 1.69. The lowest BCUT2D eigenvalue weighted by Crippen LogP contribution is -2.09. The molecule has 0 aliphatic rings. The number of nitrogens with zero attached hydrogens (tertiary/aromatic N) is 2. The third-order valence-corrected chi connectivity index (χ3v) is 3.17. The van der Waals surface area contributed by atoms with Gasteiger partial charge in [0.1, 0.15) is 17.6 Å². The zero-order valence-electron chi connectivity index (χ0n) is 9.85. The lowest BCUT2D eigenvalue weighted by Gasteiger charge is -2.10. The van der Waals surface area contributed by atoms with E-state index in [0.29, 0.717) is 5.69 Å². The van der Waals surface area contributed by atoms with E-state index in [1.54, 1.807) is 18.3 Å². The van der Waals surface area contributed by atoms with Crippen LogP contribution in [-0.2, 0) is 4.74 Å². The molecule has 1 aromatic carbocycles. The van der Waals surface area contributed by atoms with Crippen LogP contribution in [0.2, 0.25) is 0 Å². The van der Waals surface area contributed by atoms with Gasteiger partial charge in [0.15, 0.2) is 0 Å². The van der Waals surface area contributed by atoms with Gasteiger partial charge in [-0.2, -0.15) is 5.26 Å². The molecular weight excluding hydrogens is 315 g/mol. The third kappa shape index (κ3) is 2.37. The summed E-state index contributed by atoms with van der Waals surface area (Å²) in [6.07, 6.45) is 1.60. The topological polar surface area (TPSA) is 55.0 Å². The molecule has 2 rings (SSSR count). The van der Waals surface area contributed by atoms with Crippen molar-refractivity contribution in [2.45, 2.75) is 0 Å². The Hall–Kier alpha value is -2.13. The quantitative estimate of drug-likeness (QED) is 0.798. The molecule has 0 spiro atoms. The van der Waals surface area contributed by atoms with Gasteiger partial charge >= 0.3 is 5.97 Å². The number of ether oxygens (including phenoxy) is 1. The Labute approximate surface area is 117 Å². The van der Waals surface area contributed by atoms with Crippen LogP contribution in [0.15, 0.2) is 34.9 Å². The average molecular weight is 323 g/mol. The predicted octanol–water partition coefficient (Wildman–Crippen LogP) is 3.04. The predicted molar refractivity (Wildman–Crippen MR) is 69.5 cm³/mol. The number of hydrogen-bond acceptors (Lipinski definition) is 3. The molecule has 0 atom stereocenters. The van der Waals surface area contributed by atoms with Crippen molar-refractivity contribution in [2.24, 2.45) is 0 Å². The lowest BCUT2D eigenvalue weighted by molar-refractivity contribution is 0.0591. The maximum Gasteiger partial charge on any atom is 0.355 e. The lowest BCUT2D eigenvalue weighted by atomic mass is 10.2. The highest BCUT2D eigenvalue weighted by atomic mass is 79.9. The molecule has 0 radical (unpaired) electrons. The van der Waals surface area contributed by atoms with Crippen molar-refractivity contribution in [3.8, 4) is 11.8 Å². The molecule has 0 amide bonds. The third-order valence-electron chi connectivity index (χ3n) is 2.56. The number of nitriles is 1. The molecule has 1 heterocycles. The van der Waals surface area contributed by atoms with Crippen LogP contribution in [0.1, 0.15) is 16.1 Å². The van der Waals surface area contributed by atoms with E-state index in [1.165, 1.54) is 17.7 Å². The van der Waals surface area contributed by atoms with E-state index in [-0.39, 0.29) is 15.7 Å². The van der Waals surface area contributed by atoms with Crippen LogP contribution in [0.3, 0.4) is 0 Å². The van der Waals surface area contributed by atoms with E-state index in [1.807, 2.05) is 6.07 Å². The van der Waals surface area contributed by atoms with E-state index in [4.69, 9.17) is 5.26 Å². The number of benzene rings is 1. The van der Waals surface area contributed by atoms with E-state index in [2.05, 4.69) is 20.7 Å². The highest BCUT2D eigenvalue weighted by Crippen LogP contribution is 2.25. The number of hydrogen-bond donors (Lipinski definition) is 0. The van der Waals surface area contributed by atoms with Gasteiger partial charge in [-0.3, -0.25) is 0 Å². The highest BCUT2D eigenvalue weighted by Gasteiger charge is 2.16. The molecule has 4 nitrogen and oxygen atoms in total. The summed E-state index contributed by atoms with van der Waals surface area (Å²) in [5.41, 5.74) is 0.792. The molecule has 2 aromatic rings. The first kappa shape index (κ1) is 13.3. The first-order valence-corrected chi connectivity index (χ1v) is 6.03. The van der Waals surface area contributed by atoms with E-state index >= 15 is 0 Å². The number of carbonyl (C=O) groups is 1. The second-order valence-electron chi connectivity index (χ2n) is 3.65. The minimum Gasteiger partial charge on any atom is -0.464 e. The van der Waals surface area contributed by atoms with Crippen molar-refractivity contribution in [2.75, 3.05) is 7.11 Å². The summed E-state index contributed by atoms with van der Waals surface area (Å²) >= 11 is 3.06. The summed E-state index contributed by atoms with van der Waals surface area (Å²) in [5, 5.41) is 9.06. The highest BCUT2D eigenvalue weighted by molar-refractivity contribution is 9.10. The Morgan fingerprint density at radius 3 is 2.89 bits per heavy atom. The van der Waals surface area contributed by atoms with E-state index < -0.39 is 11.8 Å². The summed E-state index contributed by atoms with van der Waals surface area (Å²) in [4.78, 5) is 11.6. The number of rotatable bonds is 2. The van der Waals surface area contributed by atoms with Gasteiger partial charge in [0.05, 0.1) is 22.8 Å². The molecule has 0 N–H and O–H groups in total. The molecule has 0 saturated carbocycles. The van der Waals surface area contributed by atoms with Gasteiger partial charge < -0.3 is 9.30 Å². The number of esters is 1. The van der Waals surface area contributed by atoms with Crippen LogP contribution in [0.4, 0.5) is 4.39 Å². The number of carbonyl (C=O) groups excluding carboxylic acids is 1. The van der Waals surface area contributed by atoms with E-state index in [9.17, 15) is 9.18 Å². The van der Waals surface area contributed by atoms with Crippen molar-refractivity contribution in [3.63, 3.8) is 0 Å². The molecule has 0 fully saturated rings. The molecule has 19 heavy (non-hydrogen) atoms. The van der Waals surface area contributed by atoms with Crippen LogP contribution in [0.5, 0.6) is 0 Å². The molecule has 0 aliphatic carbocycles. The number of halogens is 2. The van der Waals surface area contributed by atoms with E-state index in [0.717, 1.165) is 6.07 Å². The van der Waals surface area contributed by atoms with Gasteiger partial charge in [-0.05, 0) is 40.2 Å². The Morgan fingerprint density at radius 1 is 1.53 bits per heavy atom. The fourth-order valence-corrected chi connectivity index (χ4v) is 2.02. The van der Waals surface area contributed by atoms with Crippen molar-refractivity contribution in [1.82, 2.24) is 4.57 Å². The summed E-state index contributed by atoms with van der Waals surface area (Å²) < 4.78 is 19.8. The van der Waals surface area contributed by atoms with Crippen molar-refractivity contribution < 1.29 is 13.9 Å². The summed E-state index contributed by atoms with van der Waals surface area (Å²) in [6, 6.07) is 7.66. The van der Waals surface area contributed by atoms with Gasteiger partial charge in [-0.1, -0.05) is 0 Å². The Kier molecular flexibility index (Phi) is 3.67. The number of aromatic nitrogens is 1. The second-order valence-corrected chi connectivity index (χ2v) is 4.50. The molecular formula is C13H8BrFN2O2. The van der Waals surface area contributed by atoms with Gasteiger partial charge in [-0.25, -0.2) is 9.18 Å². The molecule has 0 unspecified atom stereocenters. The largest absolute Gasteiger partial charge is 0.464 e. The maximum absolute atomic E-state index is 13.4. The van der Waals surface area contributed by atoms with Crippen molar-refractivity contribution in [1.29, 1.82) is 5.26 Å². The Morgan fingerprint density at radius 2 is 2.26 bits per heavy atom. The van der Waals surface area contributed by atoms with Gasteiger partial charge in [0.2, 0.25) is 0 Å². The van der Waals surface area contributed by atoms with Crippen molar-refractivity contribution in [3.05, 3.63) is 52.0 Å². The minimum absolute atomic E-state index is 0.127. The van der Waals surface area contributed by atoms with Crippen LogP contribution in [0, 0.1) is 17.1 Å². The first-order chi connectivity index (χ1) is 9.08. The van der Waals surface area contributed by atoms with Crippen LogP contribution in [-0.4, -0.2) is 17.6 Å². The normalized spacial score (nSPS) is 10.0. The number of methoxy groups -OCH3 is 1.